The number of aliphatic hydroxyl groups is 1. The van der Waals surface area contributed by atoms with Gasteiger partial charge in [0.15, 0.2) is 0 Å². The average Bonchev–Trinajstić information content (AvgIpc) is 3.10. The quantitative estimate of drug-likeness (QED) is 0.819. The van der Waals surface area contributed by atoms with Crippen LogP contribution in [0.1, 0.15) is 30.0 Å². The molecule has 2 nitrogen and oxygen atoms in total. The van der Waals surface area contributed by atoms with Crippen LogP contribution in [0, 0.1) is 5.41 Å². The van der Waals surface area contributed by atoms with Crippen molar-refractivity contribution < 1.29 is 5.11 Å². The molecule has 1 saturated carbocycles. The minimum atomic E-state index is 0.158. The molecule has 0 amide bonds. The molecule has 0 bridgehead atoms. The smallest absolute Gasteiger partial charge is 0.0505 e. The van der Waals surface area contributed by atoms with Gasteiger partial charge in [-0.1, -0.05) is 24.3 Å². The maximum atomic E-state index is 9.63. The molecule has 1 unspecified atom stereocenters. The van der Waals surface area contributed by atoms with Gasteiger partial charge in [-0.05, 0) is 37.4 Å². The SMILES string of the molecule is CN1CCc2ccccc2C1C1(CO)CC1. The lowest BCUT2D eigenvalue weighted by molar-refractivity contribution is 0.0919. The van der Waals surface area contributed by atoms with Crippen molar-refractivity contribution in [3.8, 4) is 0 Å². The van der Waals surface area contributed by atoms with Gasteiger partial charge in [-0.15, -0.1) is 0 Å². The van der Waals surface area contributed by atoms with E-state index in [-0.39, 0.29) is 5.41 Å². The Morgan fingerprint density at radius 1 is 1.38 bits per heavy atom. The molecule has 1 atom stereocenters. The first-order chi connectivity index (χ1) is 7.77. The van der Waals surface area contributed by atoms with E-state index in [9.17, 15) is 5.11 Å². The molecule has 1 aromatic rings. The number of rotatable bonds is 2. The molecule has 1 fully saturated rings. The third kappa shape index (κ3) is 1.40. The summed E-state index contributed by atoms with van der Waals surface area (Å²) in [4.78, 5) is 2.42. The molecule has 1 heterocycles. The monoisotopic (exact) mass is 217 g/mol. The van der Waals surface area contributed by atoms with Gasteiger partial charge in [0.1, 0.15) is 0 Å². The highest BCUT2D eigenvalue weighted by Crippen LogP contribution is 2.57. The second-order valence-electron chi connectivity index (χ2n) is 5.35. The zero-order chi connectivity index (χ0) is 11.2. The summed E-state index contributed by atoms with van der Waals surface area (Å²) in [6, 6.07) is 9.16. The molecule has 2 aliphatic rings. The van der Waals surface area contributed by atoms with Gasteiger partial charge in [0, 0.05) is 18.0 Å². The predicted octanol–water partition coefficient (Wildman–Crippen LogP) is 1.99. The Hall–Kier alpha value is -0.860. The number of likely N-dealkylation sites (N-methyl/N-ethyl adjacent to an activating group) is 1. The number of nitrogens with zero attached hydrogens (tertiary/aromatic N) is 1. The Bertz CT molecular complexity index is 397. The summed E-state index contributed by atoms with van der Waals surface area (Å²) < 4.78 is 0. The van der Waals surface area contributed by atoms with Gasteiger partial charge in [0.25, 0.3) is 0 Å². The molecule has 0 saturated heterocycles. The van der Waals surface area contributed by atoms with Gasteiger partial charge in [-0.25, -0.2) is 0 Å². The summed E-state index contributed by atoms with van der Waals surface area (Å²) in [5.41, 5.74) is 3.08. The van der Waals surface area contributed by atoms with Crippen molar-refractivity contribution in [2.45, 2.75) is 25.3 Å². The van der Waals surface area contributed by atoms with Gasteiger partial charge >= 0.3 is 0 Å². The summed E-state index contributed by atoms with van der Waals surface area (Å²) in [7, 11) is 2.19. The molecule has 0 spiro atoms. The van der Waals surface area contributed by atoms with Gasteiger partial charge in [-0.2, -0.15) is 0 Å². The lowest BCUT2D eigenvalue weighted by Crippen LogP contribution is -2.38. The zero-order valence-electron chi connectivity index (χ0n) is 9.82. The fraction of sp³-hybridized carbons (Fsp3) is 0.571. The van der Waals surface area contributed by atoms with E-state index in [1.807, 2.05) is 0 Å². The van der Waals surface area contributed by atoms with Crippen LogP contribution in [0.15, 0.2) is 24.3 Å². The van der Waals surface area contributed by atoms with Crippen molar-refractivity contribution in [1.82, 2.24) is 4.90 Å². The van der Waals surface area contributed by atoms with Crippen molar-refractivity contribution in [2.24, 2.45) is 5.41 Å². The second-order valence-corrected chi connectivity index (χ2v) is 5.35. The Labute approximate surface area is 96.9 Å². The summed E-state index contributed by atoms with van der Waals surface area (Å²) in [6.45, 7) is 1.44. The van der Waals surface area contributed by atoms with Crippen LogP contribution in [0.3, 0.4) is 0 Å². The van der Waals surface area contributed by atoms with Crippen molar-refractivity contribution in [3.63, 3.8) is 0 Å². The third-order valence-corrected chi connectivity index (χ3v) is 4.31. The van der Waals surface area contributed by atoms with Gasteiger partial charge in [-0.3, -0.25) is 4.90 Å². The fourth-order valence-electron chi connectivity index (χ4n) is 3.17. The van der Waals surface area contributed by atoms with Crippen LogP contribution >= 0.6 is 0 Å². The van der Waals surface area contributed by atoms with Crippen LogP contribution in [0.2, 0.25) is 0 Å². The average molecular weight is 217 g/mol. The first-order valence-electron chi connectivity index (χ1n) is 6.16. The molecule has 1 aliphatic carbocycles. The molecule has 3 rings (SSSR count). The standard InChI is InChI=1S/C14H19NO/c1-15-9-6-11-4-2-3-5-12(11)13(15)14(10-16)7-8-14/h2-5,13,16H,6-10H2,1H3. The van der Waals surface area contributed by atoms with E-state index in [0.717, 1.165) is 13.0 Å². The molecule has 1 aromatic carbocycles. The lowest BCUT2D eigenvalue weighted by Gasteiger charge is -2.39. The normalized spacial score (nSPS) is 27.5. The first-order valence-corrected chi connectivity index (χ1v) is 6.16. The lowest BCUT2D eigenvalue weighted by atomic mass is 9.83. The van der Waals surface area contributed by atoms with Crippen LogP contribution in [-0.2, 0) is 6.42 Å². The molecule has 2 heteroatoms. The molecule has 1 aliphatic heterocycles. The molecule has 86 valence electrons. The highest BCUT2D eigenvalue weighted by Gasteiger charge is 2.52. The highest BCUT2D eigenvalue weighted by atomic mass is 16.3. The second kappa shape index (κ2) is 3.57. The molecule has 1 N–H and O–H groups in total. The van der Waals surface area contributed by atoms with Crippen molar-refractivity contribution in [3.05, 3.63) is 35.4 Å². The van der Waals surface area contributed by atoms with E-state index in [0.29, 0.717) is 12.6 Å². The maximum absolute atomic E-state index is 9.63. The van der Waals surface area contributed by atoms with Crippen molar-refractivity contribution in [1.29, 1.82) is 0 Å². The minimum absolute atomic E-state index is 0.158. The number of fused-ring (bicyclic) bond motifs is 1. The van der Waals surface area contributed by atoms with E-state index < -0.39 is 0 Å². The summed E-state index contributed by atoms with van der Waals surface area (Å²) >= 11 is 0. The molecule has 0 radical (unpaired) electrons. The molecule has 0 aromatic heterocycles. The van der Waals surface area contributed by atoms with Gasteiger partial charge in [0.2, 0.25) is 0 Å². The van der Waals surface area contributed by atoms with E-state index in [1.165, 1.54) is 24.0 Å². The van der Waals surface area contributed by atoms with Crippen LogP contribution in [0.4, 0.5) is 0 Å². The Morgan fingerprint density at radius 3 is 2.81 bits per heavy atom. The van der Waals surface area contributed by atoms with E-state index >= 15 is 0 Å². The van der Waals surface area contributed by atoms with Gasteiger partial charge < -0.3 is 5.11 Å². The molecular formula is C14H19NO. The summed E-state index contributed by atoms with van der Waals surface area (Å²) in [5, 5.41) is 9.63. The van der Waals surface area contributed by atoms with Crippen molar-refractivity contribution >= 4 is 0 Å². The minimum Gasteiger partial charge on any atom is -0.396 e. The highest BCUT2D eigenvalue weighted by molar-refractivity contribution is 5.35. The first kappa shape index (κ1) is 10.3. The number of benzene rings is 1. The van der Waals surface area contributed by atoms with E-state index in [1.54, 1.807) is 0 Å². The largest absolute Gasteiger partial charge is 0.396 e. The maximum Gasteiger partial charge on any atom is 0.0505 e. The third-order valence-electron chi connectivity index (χ3n) is 4.31. The Kier molecular flexibility index (Phi) is 2.30. The van der Waals surface area contributed by atoms with Crippen LogP contribution < -0.4 is 0 Å². The number of aliphatic hydroxyl groups excluding tert-OH is 1. The van der Waals surface area contributed by atoms with E-state index in [2.05, 4.69) is 36.2 Å². The van der Waals surface area contributed by atoms with Gasteiger partial charge in [0.05, 0.1) is 6.61 Å². The van der Waals surface area contributed by atoms with Crippen LogP contribution in [0.25, 0.3) is 0 Å². The topological polar surface area (TPSA) is 23.5 Å². The summed E-state index contributed by atoms with van der Waals surface area (Å²) in [5.74, 6) is 0. The fourth-order valence-corrected chi connectivity index (χ4v) is 3.17. The Balaban J connectivity index is 2.04. The van der Waals surface area contributed by atoms with Crippen LogP contribution in [0.5, 0.6) is 0 Å². The molecular weight excluding hydrogens is 198 g/mol. The van der Waals surface area contributed by atoms with Crippen molar-refractivity contribution in [2.75, 3.05) is 20.2 Å². The predicted molar refractivity (Wildman–Crippen MR) is 64.3 cm³/mol. The molecule has 16 heavy (non-hydrogen) atoms. The van der Waals surface area contributed by atoms with E-state index in [4.69, 9.17) is 0 Å². The number of hydrogen-bond donors (Lipinski definition) is 1. The zero-order valence-corrected chi connectivity index (χ0v) is 9.82. The Morgan fingerprint density at radius 2 is 2.12 bits per heavy atom. The number of hydrogen-bond acceptors (Lipinski definition) is 2. The summed E-state index contributed by atoms with van der Waals surface area (Å²) in [6.07, 6.45) is 3.49. The van der Waals surface area contributed by atoms with Crippen LogP contribution in [-0.4, -0.2) is 30.2 Å².